The Morgan fingerprint density at radius 3 is 3.05 bits per heavy atom. The van der Waals surface area contributed by atoms with E-state index < -0.39 is 5.91 Å². The van der Waals surface area contributed by atoms with E-state index in [4.69, 9.17) is 5.73 Å². The molecule has 3 rings (SSSR count). The van der Waals surface area contributed by atoms with Crippen LogP contribution in [0, 0.1) is 0 Å². The summed E-state index contributed by atoms with van der Waals surface area (Å²) in [6.07, 6.45) is 5.47. The first kappa shape index (κ1) is 12.1. The molecule has 1 aliphatic heterocycles. The standard InChI is InChI=1S/C11H14N6OS/c12-9(18)10-14-7-17(15-10)8-2-1-4-16(6-8)11-13-3-5-19-11/h3,5,7-8H,1-2,4,6H2,(H2,12,18). The SMILES string of the molecule is NC(=O)c1ncn(C2CCCN(c3nccs3)C2)n1. The highest BCUT2D eigenvalue weighted by Gasteiger charge is 2.24. The molecule has 0 radical (unpaired) electrons. The number of anilines is 1. The lowest BCUT2D eigenvalue weighted by molar-refractivity contribution is 0.0990. The summed E-state index contributed by atoms with van der Waals surface area (Å²) in [6, 6.07) is 0.207. The number of piperidine rings is 1. The van der Waals surface area contributed by atoms with E-state index in [1.54, 1.807) is 22.3 Å². The summed E-state index contributed by atoms with van der Waals surface area (Å²) in [5.74, 6) is -0.516. The number of rotatable bonds is 3. The second kappa shape index (κ2) is 4.96. The van der Waals surface area contributed by atoms with E-state index in [1.807, 2.05) is 11.6 Å². The van der Waals surface area contributed by atoms with Gasteiger partial charge in [0.25, 0.3) is 5.91 Å². The Bertz CT molecular complexity index is 566. The number of thiazole rings is 1. The molecule has 0 aromatic carbocycles. The molecule has 1 saturated heterocycles. The van der Waals surface area contributed by atoms with Crippen molar-refractivity contribution in [2.24, 2.45) is 5.73 Å². The lowest BCUT2D eigenvalue weighted by atomic mass is 10.1. The molecular weight excluding hydrogens is 264 g/mol. The molecule has 2 N–H and O–H groups in total. The average Bonchev–Trinajstić information content (AvgIpc) is 3.10. The van der Waals surface area contributed by atoms with E-state index in [0.29, 0.717) is 0 Å². The number of primary amides is 1. The summed E-state index contributed by atoms with van der Waals surface area (Å²) in [5, 5.41) is 7.14. The van der Waals surface area contributed by atoms with Crippen LogP contribution in [0.1, 0.15) is 29.5 Å². The third kappa shape index (κ3) is 2.43. The summed E-state index contributed by atoms with van der Waals surface area (Å²) in [7, 11) is 0. The van der Waals surface area contributed by atoms with Gasteiger partial charge in [0, 0.05) is 24.7 Å². The van der Waals surface area contributed by atoms with E-state index in [2.05, 4.69) is 20.0 Å². The minimum atomic E-state index is -0.591. The van der Waals surface area contributed by atoms with Crippen molar-refractivity contribution in [1.82, 2.24) is 19.7 Å². The van der Waals surface area contributed by atoms with Crippen molar-refractivity contribution >= 4 is 22.4 Å². The summed E-state index contributed by atoms with van der Waals surface area (Å²) in [4.78, 5) is 21.5. The molecule has 8 heteroatoms. The van der Waals surface area contributed by atoms with Crippen LogP contribution in [-0.2, 0) is 0 Å². The zero-order chi connectivity index (χ0) is 13.2. The molecule has 2 aromatic rings. The minimum absolute atomic E-state index is 0.0753. The maximum absolute atomic E-state index is 11.0. The fourth-order valence-corrected chi connectivity index (χ4v) is 2.96. The van der Waals surface area contributed by atoms with Crippen molar-refractivity contribution in [2.75, 3.05) is 18.0 Å². The van der Waals surface area contributed by atoms with E-state index in [1.165, 1.54) is 0 Å². The summed E-state index contributed by atoms with van der Waals surface area (Å²) >= 11 is 1.63. The molecule has 0 spiro atoms. The van der Waals surface area contributed by atoms with Crippen LogP contribution in [-0.4, -0.2) is 38.7 Å². The normalized spacial score (nSPS) is 19.6. The highest BCUT2D eigenvalue weighted by atomic mass is 32.1. The smallest absolute Gasteiger partial charge is 0.288 e. The number of nitrogens with zero attached hydrogens (tertiary/aromatic N) is 5. The molecule has 7 nitrogen and oxygen atoms in total. The fraction of sp³-hybridized carbons (Fsp3) is 0.455. The molecule has 0 aliphatic carbocycles. The van der Waals surface area contributed by atoms with Crippen LogP contribution >= 0.6 is 11.3 Å². The predicted molar refractivity (Wildman–Crippen MR) is 71.1 cm³/mol. The molecule has 3 heterocycles. The summed E-state index contributed by atoms with van der Waals surface area (Å²) in [5.41, 5.74) is 5.17. The highest BCUT2D eigenvalue weighted by Crippen LogP contribution is 2.26. The monoisotopic (exact) mass is 278 g/mol. The third-order valence-corrected chi connectivity index (χ3v) is 4.02. The maximum Gasteiger partial charge on any atom is 0.288 e. The average molecular weight is 278 g/mol. The van der Waals surface area contributed by atoms with Gasteiger partial charge >= 0.3 is 0 Å². The molecule has 19 heavy (non-hydrogen) atoms. The Labute approximate surface area is 114 Å². The van der Waals surface area contributed by atoms with Crippen LogP contribution in [0.4, 0.5) is 5.13 Å². The molecule has 1 aliphatic rings. The van der Waals surface area contributed by atoms with Gasteiger partial charge in [0.1, 0.15) is 6.33 Å². The largest absolute Gasteiger partial charge is 0.363 e. The third-order valence-electron chi connectivity index (χ3n) is 3.19. The Morgan fingerprint density at radius 2 is 2.37 bits per heavy atom. The number of hydrogen-bond donors (Lipinski definition) is 1. The zero-order valence-corrected chi connectivity index (χ0v) is 11.1. The molecule has 1 unspecified atom stereocenters. The highest BCUT2D eigenvalue weighted by molar-refractivity contribution is 7.13. The molecule has 1 amide bonds. The molecule has 1 fully saturated rings. The van der Waals surface area contributed by atoms with Gasteiger partial charge in [0.15, 0.2) is 5.13 Å². The van der Waals surface area contributed by atoms with E-state index in [0.717, 1.165) is 31.1 Å². The van der Waals surface area contributed by atoms with Gasteiger partial charge in [-0.2, -0.15) is 0 Å². The van der Waals surface area contributed by atoms with Gasteiger partial charge in [-0.15, -0.1) is 16.4 Å². The zero-order valence-electron chi connectivity index (χ0n) is 10.3. The Hall–Kier alpha value is -1.96. The second-order valence-corrected chi connectivity index (χ2v) is 5.34. The van der Waals surface area contributed by atoms with Crippen LogP contribution in [0.3, 0.4) is 0 Å². The van der Waals surface area contributed by atoms with Gasteiger partial charge in [-0.1, -0.05) is 0 Å². The molecule has 0 saturated carbocycles. The minimum Gasteiger partial charge on any atom is -0.363 e. The van der Waals surface area contributed by atoms with Crippen molar-refractivity contribution in [2.45, 2.75) is 18.9 Å². The molecule has 1 atom stereocenters. The first-order valence-electron chi connectivity index (χ1n) is 6.09. The number of hydrogen-bond acceptors (Lipinski definition) is 6. The number of aromatic nitrogens is 4. The number of nitrogens with two attached hydrogens (primary N) is 1. The van der Waals surface area contributed by atoms with E-state index in [-0.39, 0.29) is 11.9 Å². The van der Waals surface area contributed by atoms with Gasteiger partial charge in [-0.05, 0) is 12.8 Å². The van der Waals surface area contributed by atoms with Crippen molar-refractivity contribution in [3.63, 3.8) is 0 Å². The Morgan fingerprint density at radius 1 is 1.47 bits per heavy atom. The van der Waals surface area contributed by atoms with E-state index in [9.17, 15) is 4.79 Å². The van der Waals surface area contributed by atoms with Crippen molar-refractivity contribution in [3.05, 3.63) is 23.7 Å². The Balaban J connectivity index is 1.75. The number of amides is 1. The lowest BCUT2D eigenvalue weighted by Gasteiger charge is -2.32. The predicted octanol–water partition coefficient (Wildman–Crippen LogP) is 0.675. The molecular formula is C11H14N6OS. The van der Waals surface area contributed by atoms with Gasteiger partial charge in [-0.25, -0.2) is 14.6 Å². The number of carbonyl (C=O) groups excluding carboxylic acids is 1. The van der Waals surface area contributed by atoms with Gasteiger partial charge < -0.3 is 10.6 Å². The van der Waals surface area contributed by atoms with Crippen LogP contribution in [0.2, 0.25) is 0 Å². The lowest BCUT2D eigenvalue weighted by Crippen LogP contribution is -2.36. The van der Waals surface area contributed by atoms with Gasteiger partial charge in [0.2, 0.25) is 5.82 Å². The second-order valence-electron chi connectivity index (χ2n) is 4.47. The summed E-state index contributed by atoms with van der Waals surface area (Å²) in [6.45, 7) is 1.83. The quantitative estimate of drug-likeness (QED) is 0.891. The van der Waals surface area contributed by atoms with Crippen molar-refractivity contribution in [3.8, 4) is 0 Å². The van der Waals surface area contributed by atoms with Crippen molar-refractivity contribution < 1.29 is 4.79 Å². The molecule has 2 aromatic heterocycles. The maximum atomic E-state index is 11.0. The van der Waals surface area contributed by atoms with Crippen molar-refractivity contribution in [1.29, 1.82) is 0 Å². The summed E-state index contributed by atoms with van der Waals surface area (Å²) < 4.78 is 1.74. The van der Waals surface area contributed by atoms with Crippen LogP contribution < -0.4 is 10.6 Å². The van der Waals surface area contributed by atoms with Crippen LogP contribution in [0.15, 0.2) is 17.9 Å². The van der Waals surface area contributed by atoms with Crippen LogP contribution in [0.25, 0.3) is 0 Å². The van der Waals surface area contributed by atoms with E-state index >= 15 is 0 Å². The van der Waals surface area contributed by atoms with Gasteiger partial charge in [0.05, 0.1) is 6.04 Å². The first-order chi connectivity index (χ1) is 9.24. The van der Waals surface area contributed by atoms with Crippen LogP contribution in [0.5, 0.6) is 0 Å². The molecule has 0 bridgehead atoms. The molecule has 100 valence electrons. The number of carbonyl (C=O) groups is 1. The fourth-order valence-electron chi connectivity index (χ4n) is 2.28. The topological polar surface area (TPSA) is 89.9 Å². The Kier molecular flexibility index (Phi) is 3.16. The van der Waals surface area contributed by atoms with Gasteiger partial charge in [-0.3, -0.25) is 4.79 Å². The first-order valence-corrected chi connectivity index (χ1v) is 6.97.